The molecule has 0 aromatic carbocycles. The van der Waals surface area contributed by atoms with E-state index in [2.05, 4.69) is 4.90 Å². The normalized spacial score (nSPS) is 30.3. The lowest BCUT2D eigenvalue weighted by Gasteiger charge is -2.41. The summed E-state index contributed by atoms with van der Waals surface area (Å²) in [7, 11) is 0. The Morgan fingerprint density at radius 3 is 2.64 bits per heavy atom. The lowest BCUT2D eigenvalue weighted by Crippen LogP contribution is -2.51. The van der Waals surface area contributed by atoms with Crippen molar-refractivity contribution in [1.82, 2.24) is 9.80 Å². The molecule has 3 aliphatic rings. The summed E-state index contributed by atoms with van der Waals surface area (Å²) in [5.74, 6) is 1.26. The Labute approximate surface area is 134 Å². The highest BCUT2D eigenvalue weighted by atomic mass is 16.2. The zero-order chi connectivity index (χ0) is 15.6. The molecule has 2 saturated heterocycles. The van der Waals surface area contributed by atoms with Crippen LogP contribution in [0.5, 0.6) is 0 Å². The van der Waals surface area contributed by atoms with E-state index in [0.29, 0.717) is 24.8 Å². The molecule has 2 heterocycles. The number of carbonyl (C=O) groups excluding carboxylic acids is 2. The molecule has 3 rings (SSSR count). The molecule has 124 valence electrons. The number of nitrogens with zero attached hydrogens (tertiary/aromatic N) is 2. The second-order valence-electron chi connectivity index (χ2n) is 7.56. The first-order chi connectivity index (χ1) is 10.6. The van der Waals surface area contributed by atoms with Gasteiger partial charge in [0.15, 0.2) is 0 Å². The van der Waals surface area contributed by atoms with Gasteiger partial charge in [-0.25, -0.2) is 0 Å². The van der Waals surface area contributed by atoms with Crippen molar-refractivity contribution in [1.29, 1.82) is 0 Å². The molecule has 4 nitrogen and oxygen atoms in total. The Morgan fingerprint density at radius 1 is 1.14 bits per heavy atom. The monoisotopic (exact) mass is 306 g/mol. The topological polar surface area (TPSA) is 40.6 Å². The summed E-state index contributed by atoms with van der Waals surface area (Å²) in [6.07, 6.45) is 10.1. The van der Waals surface area contributed by atoms with Crippen LogP contribution in [-0.2, 0) is 9.59 Å². The molecular formula is C18H30N2O2. The van der Waals surface area contributed by atoms with Gasteiger partial charge < -0.3 is 9.80 Å². The first-order valence-corrected chi connectivity index (χ1v) is 9.22. The van der Waals surface area contributed by atoms with Crippen LogP contribution < -0.4 is 0 Å². The maximum atomic E-state index is 13.1. The van der Waals surface area contributed by atoms with E-state index in [1.54, 1.807) is 0 Å². The predicted octanol–water partition coefficient (Wildman–Crippen LogP) is 2.82. The van der Waals surface area contributed by atoms with Crippen LogP contribution in [0.4, 0.5) is 0 Å². The van der Waals surface area contributed by atoms with Gasteiger partial charge in [0.2, 0.25) is 11.8 Å². The first kappa shape index (κ1) is 15.8. The molecule has 0 aromatic rings. The molecule has 1 atom stereocenters. The number of carbonyl (C=O) groups is 2. The van der Waals surface area contributed by atoms with E-state index in [-0.39, 0.29) is 11.3 Å². The lowest BCUT2D eigenvalue weighted by molar-refractivity contribution is -0.147. The summed E-state index contributed by atoms with van der Waals surface area (Å²) in [5.41, 5.74) is -0.252. The van der Waals surface area contributed by atoms with Crippen molar-refractivity contribution in [3.05, 3.63) is 0 Å². The van der Waals surface area contributed by atoms with Crippen molar-refractivity contribution in [2.24, 2.45) is 11.3 Å². The van der Waals surface area contributed by atoms with Gasteiger partial charge in [0, 0.05) is 32.6 Å². The van der Waals surface area contributed by atoms with E-state index in [1.165, 1.54) is 32.1 Å². The average molecular weight is 306 g/mol. The molecular weight excluding hydrogens is 276 g/mol. The molecule has 4 heteroatoms. The lowest BCUT2D eigenvalue weighted by atomic mass is 9.77. The van der Waals surface area contributed by atoms with Crippen LogP contribution in [0.1, 0.15) is 64.7 Å². The molecule has 0 radical (unpaired) electrons. The third-order valence-electron chi connectivity index (χ3n) is 6.04. The van der Waals surface area contributed by atoms with Gasteiger partial charge in [-0.1, -0.05) is 26.2 Å². The summed E-state index contributed by atoms with van der Waals surface area (Å²) >= 11 is 0. The number of amides is 2. The number of hydrogen-bond acceptors (Lipinski definition) is 2. The highest BCUT2D eigenvalue weighted by molar-refractivity contribution is 5.86. The van der Waals surface area contributed by atoms with E-state index >= 15 is 0 Å². The number of hydrogen-bond donors (Lipinski definition) is 0. The fourth-order valence-corrected chi connectivity index (χ4v) is 4.70. The average Bonchev–Trinajstić information content (AvgIpc) is 2.97. The molecule has 0 bridgehead atoms. The van der Waals surface area contributed by atoms with E-state index < -0.39 is 0 Å². The Morgan fingerprint density at radius 2 is 1.91 bits per heavy atom. The molecule has 2 amide bonds. The number of rotatable bonds is 3. The summed E-state index contributed by atoms with van der Waals surface area (Å²) in [5, 5.41) is 0. The van der Waals surface area contributed by atoms with E-state index in [4.69, 9.17) is 0 Å². The summed E-state index contributed by atoms with van der Waals surface area (Å²) in [6.45, 7) is 5.24. The first-order valence-electron chi connectivity index (χ1n) is 9.22. The van der Waals surface area contributed by atoms with E-state index in [9.17, 15) is 9.59 Å². The minimum Gasteiger partial charge on any atom is -0.342 e. The summed E-state index contributed by atoms with van der Waals surface area (Å²) in [6, 6.07) is 0. The van der Waals surface area contributed by atoms with Crippen molar-refractivity contribution in [2.75, 3.05) is 26.2 Å². The fraction of sp³-hybridized carbons (Fsp3) is 0.889. The van der Waals surface area contributed by atoms with Crippen LogP contribution in [0.15, 0.2) is 0 Å². The van der Waals surface area contributed by atoms with Gasteiger partial charge in [0.05, 0.1) is 5.41 Å². The smallest absolute Gasteiger partial charge is 0.230 e. The third-order valence-corrected chi connectivity index (χ3v) is 6.04. The van der Waals surface area contributed by atoms with Crippen LogP contribution in [0.3, 0.4) is 0 Å². The SMILES string of the molecule is CCC(=O)N1CC[C@@]2(CCCN(CC3CCCCC3)C2=O)C1. The Kier molecular flexibility index (Phi) is 4.74. The van der Waals surface area contributed by atoms with Gasteiger partial charge in [-0.3, -0.25) is 9.59 Å². The summed E-state index contributed by atoms with van der Waals surface area (Å²) < 4.78 is 0. The number of likely N-dealkylation sites (tertiary alicyclic amines) is 2. The molecule has 1 aliphatic carbocycles. The Hall–Kier alpha value is -1.06. The van der Waals surface area contributed by atoms with Crippen LogP contribution >= 0.6 is 0 Å². The Bertz CT molecular complexity index is 431. The largest absolute Gasteiger partial charge is 0.342 e. The van der Waals surface area contributed by atoms with Gasteiger partial charge >= 0.3 is 0 Å². The second kappa shape index (κ2) is 6.59. The number of piperidine rings is 1. The minimum absolute atomic E-state index is 0.203. The van der Waals surface area contributed by atoms with E-state index in [0.717, 1.165) is 38.9 Å². The van der Waals surface area contributed by atoms with E-state index in [1.807, 2.05) is 11.8 Å². The molecule has 22 heavy (non-hydrogen) atoms. The molecule has 1 saturated carbocycles. The highest BCUT2D eigenvalue weighted by Crippen LogP contribution is 2.41. The molecule has 1 spiro atoms. The maximum Gasteiger partial charge on any atom is 0.230 e. The molecule has 0 aromatic heterocycles. The van der Waals surface area contributed by atoms with Crippen molar-refractivity contribution in [3.8, 4) is 0 Å². The zero-order valence-corrected chi connectivity index (χ0v) is 14.0. The molecule has 3 fully saturated rings. The van der Waals surface area contributed by atoms with Crippen molar-refractivity contribution < 1.29 is 9.59 Å². The second-order valence-corrected chi connectivity index (χ2v) is 7.56. The van der Waals surface area contributed by atoms with Gasteiger partial charge in [0.25, 0.3) is 0 Å². The van der Waals surface area contributed by atoms with Crippen LogP contribution in [0, 0.1) is 11.3 Å². The van der Waals surface area contributed by atoms with Crippen molar-refractivity contribution in [3.63, 3.8) is 0 Å². The zero-order valence-electron chi connectivity index (χ0n) is 14.0. The standard InChI is InChI=1S/C18H30N2O2/c1-2-16(21)20-12-10-18(14-20)9-6-11-19(17(18)22)13-15-7-4-3-5-8-15/h15H,2-14H2,1H3/t18-/m0/s1. The van der Waals surface area contributed by atoms with Crippen LogP contribution in [-0.4, -0.2) is 47.8 Å². The highest BCUT2D eigenvalue weighted by Gasteiger charge is 2.49. The van der Waals surface area contributed by atoms with Gasteiger partial charge in [-0.2, -0.15) is 0 Å². The third kappa shape index (κ3) is 3.02. The van der Waals surface area contributed by atoms with Gasteiger partial charge in [0.1, 0.15) is 0 Å². The van der Waals surface area contributed by atoms with Crippen LogP contribution in [0.25, 0.3) is 0 Å². The van der Waals surface area contributed by atoms with Gasteiger partial charge in [-0.05, 0) is 38.0 Å². The Balaban J connectivity index is 1.64. The maximum absolute atomic E-state index is 13.1. The predicted molar refractivity (Wildman–Crippen MR) is 86.3 cm³/mol. The van der Waals surface area contributed by atoms with Crippen molar-refractivity contribution in [2.45, 2.75) is 64.7 Å². The molecule has 0 unspecified atom stereocenters. The minimum atomic E-state index is -0.252. The molecule has 0 N–H and O–H groups in total. The quantitative estimate of drug-likeness (QED) is 0.804. The van der Waals surface area contributed by atoms with Crippen molar-refractivity contribution >= 4 is 11.8 Å². The molecule has 2 aliphatic heterocycles. The fourth-order valence-electron chi connectivity index (χ4n) is 4.70. The summed E-state index contributed by atoms with van der Waals surface area (Å²) in [4.78, 5) is 29.1. The van der Waals surface area contributed by atoms with Crippen LogP contribution in [0.2, 0.25) is 0 Å². The van der Waals surface area contributed by atoms with Gasteiger partial charge in [-0.15, -0.1) is 0 Å².